The van der Waals surface area contributed by atoms with Crippen molar-refractivity contribution in [1.82, 2.24) is 0 Å². The maximum absolute atomic E-state index is 12.3. The van der Waals surface area contributed by atoms with Gasteiger partial charge >= 0.3 is 5.97 Å². The molecule has 1 aromatic carbocycles. The third-order valence-electron chi connectivity index (χ3n) is 6.42. The predicted molar refractivity (Wildman–Crippen MR) is 133 cm³/mol. The van der Waals surface area contributed by atoms with Gasteiger partial charge in [0.05, 0.1) is 11.5 Å². The van der Waals surface area contributed by atoms with Crippen LogP contribution in [0.5, 0.6) is 5.75 Å². The van der Waals surface area contributed by atoms with Gasteiger partial charge in [-0.2, -0.15) is 0 Å². The van der Waals surface area contributed by atoms with Crippen LogP contribution in [-0.4, -0.2) is 23.5 Å². The van der Waals surface area contributed by atoms with Crippen LogP contribution < -0.4 is 0 Å². The minimum Gasteiger partial charge on any atom is -0.508 e. The fourth-order valence-corrected chi connectivity index (χ4v) is 3.50. The molecule has 1 N–H and O–H groups in total. The third kappa shape index (κ3) is 10.8. The van der Waals surface area contributed by atoms with Crippen LogP contribution in [0.15, 0.2) is 24.3 Å². The summed E-state index contributed by atoms with van der Waals surface area (Å²) < 4.78 is 11.9. The minimum atomic E-state index is -0.438. The van der Waals surface area contributed by atoms with Gasteiger partial charge in [-0.05, 0) is 68.6 Å². The highest BCUT2D eigenvalue weighted by Gasteiger charge is 2.32. The number of phenolic OH excluding ortho intramolecular Hbond substituents is 1. The Labute approximate surface area is 197 Å². The maximum atomic E-state index is 12.3. The SMILES string of the molecule is CCC(C)(C)C(=O)OC(CC(C)(C)C)OC1CCCCC1.CCC(C)c1ccc(O)cc1. The summed E-state index contributed by atoms with van der Waals surface area (Å²) in [4.78, 5) is 12.3. The summed E-state index contributed by atoms with van der Waals surface area (Å²) in [5, 5.41) is 9.01. The van der Waals surface area contributed by atoms with E-state index in [1.165, 1.54) is 24.8 Å². The molecule has 2 rings (SSSR count). The average molecular weight is 449 g/mol. The van der Waals surface area contributed by atoms with E-state index in [0.29, 0.717) is 11.7 Å². The molecule has 1 saturated carbocycles. The second-order valence-corrected chi connectivity index (χ2v) is 11.1. The first-order chi connectivity index (χ1) is 14.9. The Kier molecular flexibility index (Phi) is 11.8. The number of carbonyl (C=O) groups is 1. The predicted octanol–water partition coefficient (Wildman–Crippen LogP) is 7.98. The zero-order chi connectivity index (χ0) is 24.4. The Morgan fingerprint density at radius 3 is 2.06 bits per heavy atom. The van der Waals surface area contributed by atoms with Gasteiger partial charge in [0.2, 0.25) is 6.29 Å². The van der Waals surface area contributed by atoms with Crippen LogP contribution in [0.25, 0.3) is 0 Å². The lowest BCUT2D eigenvalue weighted by Gasteiger charge is -2.33. The average Bonchev–Trinajstić information content (AvgIpc) is 2.73. The molecule has 1 aromatic rings. The number of hydrogen-bond acceptors (Lipinski definition) is 4. The van der Waals surface area contributed by atoms with Crippen molar-refractivity contribution in [2.24, 2.45) is 10.8 Å². The molecule has 0 amide bonds. The molecule has 0 aromatic heterocycles. The molecule has 4 nitrogen and oxygen atoms in total. The summed E-state index contributed by atoms with van der Waals surface area (Å²) in [5.41, 5.74) is 0.937. The molecule has 0 saturated heterocycles. The van der Waals surface area contributed by atoms with Crippen LogP contribution in [0.4, 0.5) is 0 Å². The van der Waals surface area contributed by atoms with Gasteiger partial charge in [0.25, 0.3) is 0 Å². The number of aromatic hydroxyl groups is 1. The van der Waals surface area contributed by atoms with Gasteiger partial charge in [0, 0.05) is 6.42 Å². The van der Waals surface area contributed by atoms with Crippen LogP contribution in [0.3, 0.4) is 0 Å². The van der Waals surface area contributed by atoms with Gasteiger partial charge in [0.15, 0.2) is 0 Å². The van der Waals surface area contributed by atoms with Crippen molar-refractivity contribution in [1.29, 1.82) is 0 Å². The molecule has 1 aliphatic carbocycles. The van der Waals surface area contributed by atoms with Crippen molar-refractivity contribution in [2.45, 2.75) is 125 Å². The first-order valence-corrected chi connectivity index (χ1v) is 12.5. The van der Waals surface area contributed by atoms with Gasteiger partial charge in [-0.3, -0.25) is 4.79 Å². The number of phenols is 1. The molecule has 32 heavy (non-hydrogen) atoms. The van der Waals surface area contributed by atoms with E-state index in [2.05, 4.69) is 34.6 Å². The highest BCUT2D eigenvalue weighted by molar-refractivity contribution is 5.75. The van der Waals surface area contributed by atoms with E-state index in [9.17, 15) is 4.79 Å². The molecule has 1 fully saturated rings. The van der Waals surface area contributed by atoms with E-state index in [4.69, 9.17) is 14.6 Å². The summed E-state index contributed by atoms with van der Waals surface area (Å²) in [6.07, 6.45) is 8.44. The lowest BCUT2D eigenvalue weighted by Crippen LogP contribution is -2.36. The van der Waals surface area contributed by atoms with Crippen LogP contribution in [0.2, 0.25) is 0 Å². The molecular formula is C28H48O4. The van der Waals surface area contributed by atoms with Crippen molar-refractivity contribution >= 4 is 5.97 Å². The first-order valence-electron chi connectivity index (χ1n) is 12.5. The standard InChI is InChI=1S/C18H34O3.C10H14O/c1-7-18(5,6)16(19)21-15(13-17(2,3)4)20-14-11-9-8-10-12-14;1-3-8(2)9-4-6-10(11)7-5-9/h14-15H,7-13H2,1-6H3;4-8,11H,3H2,1-2H3. The molecule has 0 radical (unpaired) electrons. The fraction of sp³-hybridized carbons (Fsp3) is 0.750. The van der Waals surface area contributed by atoms with Crippen molar-refractivity contribution in [3.8, 4) is 5.75 Å². The van der Waals surface area contributed by atoms with E-state index < -0.39 is 11.7 Å². The number of hydrogen-bond donors (Lipinski definition) is 1. The molecule has 4 heteroatoms. The normalized spacial score (nSPS) is 17.1. The van der Waals surface area contributed by atoms with Crippen LogP contribution in [0, 0.1) is 10.8 Å². The Morgan fingerprint density at radius 2 is 1.59 bits per heavy atom. The van der Waals surface area contributed by atoms with Crippen LogP contribution >= 0.6 is 0 Å². The zero-order valence-corrected chi connectivity index (χ0v) is 21.9. The Bertz CT molecular complexity index is 651. The summed E-state index contributed by atoms with van der Waals surface area (Å²) >= 11 is 0. The van der Waals surface area contributed by atoms with E-state index in [0.717, 1.165) is 32.1 Å². The van der Waals surface area contributed by atoms with Crippen molar-refractivity contribution < 1.29 is 19.4 Å². The van der Waals surface area contributed by atoms with E-state index >= 15 is 0 Å². The smallest absolute Gasteiger partial charge is 0.313 e. The number of ether oxygens (including phenoxy) is 2. The van der Waals surface area contributed by atoms with Crippen molar-refractivity contribution in [2.75, 3.05) is 0 Å². The molecular weight excluding hydrogens is 400 g/mol. The summed E-state index contributed by atoms with van der Waals surface area (Å²) in [6.45, 7) is 16.7. The van der Waals surface area contributed by atoms with E-state index in [1.54, 1.807) is 12.1 Å². The minimum absolute atomic E-state index is 0.0793. The van der Waals surface area contributed by atoms with E-state index in [1.807, 2.05) is 32.9 Å². The number of carbonyl (C=O) groups excluding carboxylic acids is 1. The molecule has 2 unspecified atom stereocenters. The number of benzene rings is 1. The molecule has 1 aliphatic rings. The highest BCUT2D eigenvalue weighted by atomic mass is 16.7. The van der Waals surface area contributed by atoms with Crippen molar-refractivity contribution in [3.05, 3.63) is 29.8 Å². The number of rotatable bonds is 8. The Hall–Kier alpha value is -1.55. The van der Waals surface area contributed by atoms with Gasteiger partial charge in [-0.1, -0.05) is 72.9 Å². The largest absolute Gasteiger partial charge is 0.508 e. The molecule has 0 spiro atoms. The van der Waals surface area contributed by atoms with Crippen molar-refractivity contribution in [3.63, 3.8) is 0 Å². The Morgan fingerprint density at radius 1 is 1.03 bits per heavy atom. The fourth-order valence-electron chi connectivity index (χ4n) is 3.50. The van der Waals surface area contributed by atoms with Gasteiger partial charge < -0.3 is 14.6 Å². The topological polar surface area (TPSA) is 55.8 Å². The summed E-state index contributed by atoms with van der Waals surface area (Å²) in [6, 6.07) is 7.43. The molecule has 0 bridgehead atoms. The monoisotopic (exact) mass is 448 g/mol. The second kappa shape index (κ2) is 13.2. The quantitative estimate of drug-likeness (QED) is 0.323. The van der Waals surface area contributed by atoms with Gasteiger partial charge in [-0.15, -0.1) is 0 Å². The molecule has 0 aliphatic heterocycles. The van der Waals surface area contributed by atoms with Crippen LogP contribution in [0.1, 0.15) is 118 Å². The zero-order valence-electron chi connectivity index (χ0n) is 21.9. The lowest BCUT2D eigenvalue weighted by atomic mass is 9.89. The second-order valence-electron chi connectivity index (χ2n) is 11.1. The first kappa shape index (κ1) is 28.5. The molecule has 184 valence electrons. The maximum Gasteiger partial charge on any atom is 0.313 e. The molecule has 2 atom stereocenters. The Balaban J connectivity index is 0.000000389. The summed E-state index contributed by atoms with van der Waals surface area (Å²) in [7, 11) is 0. The lowest BCUT2D eigenvalue weighted by molar-refractivity contribution is -0.207. The summed E-state index contributed by atoms with van der Waals surface area (Å²) in [5.74, 6) is 0.794. The van der Waals surface area contributed by atoms with E-state index in [-0.39, 0.29) is 17.5 Å². The highest BCUT2D eigenvalue weighted by Crippen LogP contribution is 2.30. The number of esters is 1. The third-order valence-corrected chi connectivity index (χ3v) is 6.42. The molecule has 0 heterocycles. The van der Waals surface area contributed by atoms with Gasteiger partial charge in [-0.25, -0.2) is 0 Å². The van der Waals surface area contributed by atoms with Gasteiger partial charge in [0.1, 0.15) is 5.75 Å². The van der Waals surface area contributed by atoms with Crippen LogP contribution in [-0.2, 0) is 14.3 Å².